The average Bonchev–Trinajstić information content (AvgIpc) is 3.62. The zero-order chi connectivity index (χ0) is 26.6. The van der Waals surface area contributed by atoms with E-state index >= 15 is 0 Å². The van der Waals surface area contributed by atoms with Crippen LogP contribution < -0.4 is 0 Å². The van der Waals surface area contributed by atoms with Gasteiger partial charge in [0.25, 0.3) is 0 Å². The van der Waals surface area contributed by atoms with Crippen LogP contribution in [0.15, 0.2) is 110 Å². The Morgan fingerprint density at radius 1 is 0.744 bits per heavy atom. The van der Waals surface area contributed by atoms with Crippen LogP contribution in [0.3, 0.4) is 0 Å². The van der Waals surface area contributed by atoms with Crippen molar-refractivity contribution in [3.8, 4) is 22.5 Å². The second kappa shape index (κ2) is 10.8. The van der Waals surface area contributed by atoms with Crippen LogP contribution in [-0.4, -0.2) is 39.9 Å². The zero-order valence-corrected chi connectivity index (χ0v) is 21.6. The number of benzene rings is 1. The van der Waals surface area contributed by atoms with Crippen LogP contribution in [0.2, 0.25) is 0 Å². The lowest BCUT2D eigenvalue weighted by Gasteiger charge is -2.22. The molecule has 0 spiro atoms. The second-order valence-electron chi connectivity index (χ2n) is 9.46. The monoisotopic (exact) mass is 513 g/mol. The third-order valence-electron chi connectivity index (χ3n) is 6.53. The van der Waals surface area contributed by atoms with Gasteiger partial charge in [0.05, 0.1) is 22.8 Å². The SMILES string of the molecule is CC(=O)n1ccc(-c2ccc(-c3cn4cc(CN(Cc5ccccn5)Cc5ccccn5)ccc4n3)cc2)n1. The van der Waals surface area contributed by atoms with Crippen LogP contribution in [0.1, 0.15) is 28.7 Å². The molecule has 0 fully saturated rings. The van der Waals surface area contributed by atoms with E-state index in [0.29, 0.717) is 0 Å². The molecule has 5 heterocycles. The molecule has 0 atom stereocenters. The molecule has 0 saturated carbocycles. The van der Waals surface area contributed by atoms with E-state index in [2.05, 4.69) is 61.0 Å². The van der Waals surface area contributed by atoms with E-state index in [4.69, 9.17) is 4.98 Å². The summed E-state index contributed by atoms with van der Waals surface area (Å²) in [6.45, 7) is 3.69. The Hall–Kier alpha value is -4.95. The molecule has 6 aromatic rings. The van der Waals surface area contributed by atoms with Gasteiger partial charge in [0.1, 0.15) is 5.65 Å². The van der Waals surface area contributed by atoms with Gasteiger partial charge in [-0.1, -0.05) is 42.5 Å². The number of carbonyl (C=O) groups excluding carboxylic acids is 1. The maximum atomic E-state index is 11.5. The fourth-order valence-electron chi connectivity index (χ4n) is 4.60. The van der Waals surface area contributed by atoms with E-state index < -0.39 is 0 Å². The summed E-state index contributed by atoms with van der Waals surface area (Å²) >= 11 is 0. The normalized spacial score (nSPS) is 11.3. The van der Waals surface area contributed by atoms with Gasteiger partial charge in [-0.25, -0.2) is 9.67 Å². The van der Waals surface area contributed by atoms with Crippen molar-refractivity contribution in [2.75, 3.05) is 0 Å². The molecule has 0 aliphatic heterocycles. The molecular formula is C31H27N7O. The minimum Gasteiger partial charge on any atom is -0.306 e. The number of nitrogens with zero attached hydrogens (tertiary/aromatic N) is 7. The van der Waals surface area contributed by atoms with E-state index in [-0.39, 0.29) is 5.91 Å². The van der Waals surface area contributed by atoms with Crippen molar-refractivity contribution in [3.63, 3.8) is 0 Å². The molecule has 0 unspecified atom stereocenters. The second-order valence-corrected chi connectivity index (χ2v) is 9.46. The van der Waals surface area contributed by atoms with Crippen molar-refractivity contribution in [1.29, 1.82) is 0 Å². The molecule has 6 rings (SSSR count). The lowest BCUT2D eigenvalue weighted by atomic mass is 10.1. The van der Waals surface area contributed by atoms with E-state index in [9.17, 15) is 4.79 Å². The van der Waals surface area contributed by atoms with Gasteiger partial charge in [-0.05, 0) is 42.0 Å². The Bertz CT molecular complexity index is 1670. The minimum absolute atomic E-state index is 0.112. The molecule has 1 aromatic carbocycles. The van der Waals surface area contributed by atoms with Crippen LogP contribution in [0.5, 0.6) is 0 Å². The summed E-state index contributed by atoms with van der Waals surface area (Å²) in [6, 6.07) is 26.1. The highest BCUT2D eigenvalue weighted by atomic mass is 16.2. The van der Waals surface area contributed by atoms with Gasteiger partial charge in [0, 0.05) is 68.7 Å². The quantitative estimate of drug-likeness (QED) is 0.267. The van der Waals surface area contributed by atoms with E-state index in [0.717, 1.165) is 59.2 Å². The molecular weight excluding hydrogens is 486 g/mol. The lowest BCUT2D eigenvalue weighted by Crippen LogP contribution is -2.23. The van der Waals surface area contributed by atoms with Gasteiger partial charge in [-0.15, -0.1) is 0 Å². The molecule has 0 amide bonds. The number of rotatable bonds is 8. The number of hydrogen-bond donors (Lipinski definition) is 0. The predicted molar refractivity (Wildman–Crippen MR) is 150 cm³/mol. The summed E-state index contributed by atoms with van der Waals surface area (Å²) in [6.07, 6.45) is 9.54. The van der Waals surface area contributed by atoms with Crippen molar-refractivity contribution in [2.24, 2.45) is 0 Å². The Labute approximate surface area is 226 Å². The van der Waals surface area contributed by atoms with Crippen LogP contribution in [-0.2, 0) is 19.6 Å². The van der Waals surface area contributed by atoms with E-state index in [1.807, 2.05) is 67.0 Å². The van der Waals surface area contributed by atoms with Crippen LogP contribution >= 0.6 is 0 Å². The highest BCUT2D eigenvalue weighted by Crippen LogP contribution is 2.24. The summed E-state index contributed by atoms with van der Waals surface area (Å²) in [7, 11) is 0. The molecule has 8 nitrogen and oxygen atoms in total. The summed E-state index contributed by atoms with van der Waals surface area (Å²) in [5, 5.41) is 4.34. The standard InChI is InChI=1S/C31H27N7O/c1-23(39)38-17-14-29(35-38)25-9-11-26(12-10-25)30-22-37-19-24(8-13-31(37)34-30)18-36(20-27-6-2-4-15-32-27)21-28-7-3-5-16-33-28/h2-17,19,22H,18,20-21H2,1H3. The fraction of sp³-hybridized carbons (Fsp3) is 0.129. The van der Waals surface area contributed by atoms with Crippen molar-refractivity contribution in [2.45, 2.75) is 26.6 Å². The third kappa shape index (κ3) is 5.66. The minimum atomic E-state index is -0.112. The number of aromatic nitrogens is 6. The maximum absolute atomic E-state index is 11.5. The molecule has 5 aromatic heterocycles. The van der Waals surface area contributed by atoms with Gasteiger partial charge in [-0.3, -0.25) is 19.7 Å². The van der Waals surface area contributed by atoms with Gasteiger partial charge >= 0.3 is 0 Å². The number of fused-ring (bicyclic) bond motifs is 1. The first-order valence-electron chi connectivity index (χ1n) is 12.8. The Kier molecular flexibility index (Phi) is 6.76. The maximum Gasteiger partial charge on any atom is 0.243 e. The first kappa shape index (κ1) is 24.4. The summed E-state index contributed by atoms with van der Waals surface area (Å²) in [5.41, 5.74) is 7.73. The molecule has 8 heteroatoms. The van der Waals surface area contributed by atoms with Crippen molar-refractivity contribution in [1.82, 2.24) is 34.0 Å². The molecule has 0 radical (unpaired) electrons. The van der Waals surface area contributed by atoms with E-state index in [1.54, 1.807) is 6.20 Å². The van der Waals surface area contributed by atoms with Gasteiger partial charge in [0.2, 0.25) is 5.91 Å². The molecule has 0 bridgehead atoms. The van der Waals surface area contributed by atoms with Crippen LogP contribution in [0.4, 0.5) is 0 Å². The van der Waals surface area contributed by atoms with Gasteiger partial charge in [0.15, 0.2) is 0 Å². The summed E-state index contributed by atoms with van der Waals surface area (Å²) in [5.74, 6) is -0.112. The predicted octanol–water partition coefficient (Wildman–Crippen LogP) is 5.52. The zero-order valence-electron chi connectivity index (χ0n) is 21.6. The van der Waals surface area contributed by atoms with Gasteiger partial charge < -0.3 is 4.40 Å². The Balaban J connectivity index is 1.22. The van der Waals surface area contributed by atoms with Gasteiger partial charge in [-0.2, -0.15) is 5.10 Å². The third-order valence-corrected chi connectivity index (χ3v) is 6.53. The van der Waals surface area contributed by atoms with Crippen LogP contribution in [0, 0.1) is 0 Å². The number of hydrogen-bond acceptors (Lipinski definition) is 6. The first-order chi connectivity index (χ1) is 19.1. The average molecular weight is 514 g/mol. The lowest BCUT2D eigenvalue weighted by molar-refractivity contribution is 0.0921. The van der Waals surface area contributed by atoms with Crippen molar-refractivity contribution < 1.29 is 4.79 Å². The number of imidazole rings is 1. The van der Waals surface area contributed by atoms with Crippen molar-refractivity contribution in [3.05, 3.63) is 127 Å². The van der Waals surface area contributed by atoms with Crippen molar-refractivity contribution >= 4 is 11.6 Å². The molecule has 39 heavy (non-hydrogen) atoms. The van der Waals surface area contributed by atoms with E-state index in [1.165, 1.54) is 17.2 Å². The topological polar surface area (TPSA) is 81.2 Å². The highest BCUT2D eigenvalue weighted by molar-refractivity contribution is 5.76. The molecule has 0 aliphatic rings. The largest absolute Gasteiger partial charge is 0.306 e. The molecule has 0 aliphatic carbocycles. The smallest absolute Gasteiger partial charge is 0.243 e. The number of pyridine rings is 3. The Morgan fingerprint density at radius 3 is 2.00 bits per heavy atom. The number of carbonyl (C=O) groups is 1. The molecule has 192 valence electrons. The molecule has 0 saturated heterocycles. The fourth-order valence-corrected chi connectivity index (χ4v) is 4.60. The Morgan fingerprint density at radius 2 is 1.41 bits per heavy atom. The highest BCUT2D eigenvalue weighted by Gasteiger charge is 2.12. The first-order valence-corrected chi connectivity index (χ1v) is 12.8. The summed E-state index contributed by atoms with van der Waals surface area (Å²) in [4.78, 5) is 27.8. The van der Waals surface area contributed by atoms with Crippen LogP contribution in [0.25, 0.3) is 28.2 Å². The molecule has 0 N–H and O–H groups in total. The summed E-state index contributed by atoms with van der Waals surface area (Å²) < 4.78 is 3.42.